The maximum absolute atomic E-state index is 12.7. The third kappa shape index (κ3) is 4.75. The highest BCUT2D eigenvalue weighted by Crippen LogP contribution is 2.32. The molecule has 0 aliphatic carbocycles. The second-order valence-corrected chi connectivity index (χ2v) is 8.85. The molecule has 0 fully saturated rings. The van der Waals surface area contributed by atoms with Gasteiger partial charge in [-0.3, -0.25) is 4.72 Å². The van der Waals surface area contributed by atoms with Gasteiger partial charge in [0.25, 0.3) is 10.0 Å². The Morgan fingerprint density at radius 2 is 1.68 bits per heavy atom. The highest BCUT2D eigenvalue weighted by Gasteiger charge is 2.20. The Hall–Kier alpha value is -2.01. The smallest absolute Gasteiger partial charge is 0.262 e. The average molecular weight is 362 g/mol. The summed E-state index contributed by atoms with van der Waals surface area (Å²) in [6.45, 7) is 8.35. The Kier molecular flexibility index (Phi) is 5.78. The molecule has 5 heteroatoms. The summed E-state index contributed by atoms with van der Waals surface area (Å²) in [6, 6.07) is 12.6. The van der Waals surface area contributed by atoms with Crippen LogP contribution in [0, 0.1) is 0 Å². The Balaban J connectivity index is 2.36. The molecule has 0 heterocycles. The van der Waals surface area contributed by atoms with Crippen LogP contribution in [0.5, 0.6) is 5.75 Å². The average Bonchev–Trinajstić information content (AvgIpc) is 2.54. The molecule has 0 saturated carbocycles. The third-order valence-electron chi connectivity index (χ3n) is 4.08. The van der Waals surface area contributed by atoms with Crippen molar-refractivity contribution in [1.82, 2.24) is 0 Å². The van der Waals surface area contributed by atoms with Crippen LogP contribution in [-0.2, 0) is 21.9 Å². The van der Waals surface area contributed by atoms with Crippen LogP contribution in [0.15, 0.2) is 47.4 Å². The minimum atomic E-state index is -3.67. The topological polar surface area (TPSA) is 55.4 Å². The van der Waals surface area contributed by atoms with Gasteiger partial charge in [0.1, 0.15) is 5.75 Å². The first-order valence-electron chi connectivity index (χ1n) is 8.47. The molecule has 2 aromatic carbocycles. The van der Waals surface area contributed by atoms with Crippen molar-refractivity contribution < 1.29 is 13.2 Å². The molecule has 0 saturated heterocycles. The van der Waals surface area contributed by atoms with E-state index in [2.05, 4.69) is 32.4 Å². The first kappa shape index (κ1) is 19.3. The van der Waals surface area contributed by atoms with Crippen LogP contribution >= 0.6 is 0 Å². The molecule has 0 unspecified atom stereocenters. The normalized spacial score (nSPS) is 12.0. The van der Waals surface area contributed by atoms with Gasteiger partial charge in [0, 0.05) is 0 Å². The number of nitrogens with one attached hydrogen (secondary N) is 1. The molecule has 0 spiro atoms. The number of anilines is 1. The molecule has 0 aromatic heterocycles. The first-order chi connectivity index (χ1) is 11.7. The van der Waals surface area contributed by atoms with Crippen LogP contribution in [0.2, 0.25) is 0 Å². The molecule has 2 rings (SSSR count). The second kappa shape index (κ2) is 7.48. The predicted molar refractivity (Wildman–Crippen MR) is 103 cm³/mol. The lowest BCUT2D eigenvalue weighted by Crippen LogP contribution is -2.16. The summed E-state index contributed by atoms with van der Waals surface area (Å²) in [5.41, 5.74) is 2.53. The molecule has 0 aliphatic heterocycles. The number of hydrogen-bond donors (Lipinski definition) is 1. The lowest BCUT2D eigenvalue weighted by atomic mass is 9.87. The predicted octanol–water partition coefficient (Wildman–Crippen LogP) is 4.75. The summed E-state index contributed by atoms with van der Waals surface area (Å²) in [5, 5.41) is 0. The molecule has 0 aliphatic rings. The molecule has 4 nitrogen and oxygen atoms in total. The van der Waals surface area contributed by atoms with Gasteiger partial charge < -0.3 is 4.74 Å². The zero-order valence-electron chi connectivity index (χ0n) is 15.6. The lowest BCUT2D eigenvalue weighted by molar-refractivity contribution is 0.416. The number of ether oxygens (including phenoxy) is 1. The fourth-order valence-electron chi connectivity index (χ4n) is 2.58. The molecule has 136 valence electrons. The molecular formula is C20H27NO3S. The van der Waals surface area contributed by atoms with Crippen molar-refractivity contribution in [2.24, 2.45) is 0 Å². The number of rotatable bonds is 6. The zero-order valence-corrected chi connectivity index (χ0v) is 16.4. The van der Waals surface area contributed by atoms with Crippen molar-refractivity contribution in [3.63, 3.8) is 0 Å². The largest absolute Gasteiger partial charge is 0.495 e. The summed E-state index contributed by atoms with van der Waals surface area (Å²) in [5.74, 6) is 0.499. The standard InChI is InChI=1S/C20H27NO3S/c1-6-7-15-8-11-17(12-9-15)25(22,23)21-18-14-16(20(2,3)4)10-13-19(18)24-5/h8-14,21H,6-7H2,1-5H3. The highest BCUT2D eigenvalue weighted by molar-refractivity contribution is 7.92. The van der Waals surface area contributed by atoms with Crippen LogP contribution in [0.25, 0.3) is 0 Å². The van der Waals surface area contributed by atoms with E-state index in [9.17, 15) is 8.42 Å². The van der Waals surface area contributed by atoms with Crippen LogP contribution in [0.3, 0.4) is 0 Å². The van der Waals surface area contributed by atoms with Gasteiger partial charge in [-0.1, -0.05) is 52.3 Å². The maximum Gasteiger partial charge on any atom is 0.262 e. The van der Waals surface area contributed by atoms with E-state index in [1.807, 2.05) is 24.3 Å². The first-order valence-corrected chi connectivity index (χ1v) is 9.96. The van der Waals surface area contributed by atoms with E-state index in [-0.39, 0.29) is 10.3 Å². The quantitative estimate of drug-likeness (QED) is 0.808. The van der Waals surface area contributed by atoms with Gasteiger partial charge in [0.05, 0.1) is 17.7 Å². The van der Waals surface area contributed by atoms with Crippen LogP contribution in [-0.4, -0.2) is 15.5 Å². The van der Waals surface area contributed by atoms with Gasteiger partial charge in [-0.25, -0.2) is 8.42 Å². The Bertz CT molecular complexity index is 819. The van der Waals surface area contributed by atoms with Gasteiger partial charge in [-0.15, -0.1) is 0 Å². The summed E-state index contributed by atoms with van der Waals surface area (Å²) in [6.07, 6.45) is 1.97. The third-order valence-corrected chi connectivity index (χ3v) is 5.46. The van der Waals surface area contributed by atoms with Gasteiger partial charge in [0.15, 0.2) is 0 Å². The lowest BCUT2D eigenvalue weighted by Gasteiger charge is -2.21. The SMILES string of the molecule is CCCc1ccc(S(=O)(=O)Nc2cc(C(C)(C)C)ccc2OC)cc1. The van der Waals surface area contributed by atoms with E-state index < -0.39 is 10.0 Å². The monoisotopic (exact) mass is 361 g/mol. The molecule has 0 amide bonds. The molecule has 25 heavy (non-hydrogen) atoms. The van der Waals surface area contributed by atoms with E-state index in [4.69, 9.17) is 4.74 Å². The molecule has 0 radical (unpaired) electrons. The minimum absolute atomic E-state index is 0.0890. The van der Waals surface area contributed by atoms with Crippen molar-refractivity contribution in [2.75, 3.05) is 11.8 Å². The van der Waals surface area contributed by atoms with E-state index in [0.29, 0.717) is 11.4 Å². The zero-order chi connectivity index (χ0) is 18.7. The number of aryl methyl sites for hydroxylation is 1. The van der Waals surface area contributed by atoms with Crippen LogP contribution < -0.4 is 9.46 Å². The number of methoxy groups -OCH3 is 1. The Labute approximate surface area is 151 Å². The van der Waals surface area contributed by atoms with Gasteiger partial charge in [-0.2, -0.15) is 0 Å². The molecular weight excluding hydrogens is 334 g/mol. The number of benzene rings is 2. The second-order valence-electron chi connectivity index (χ2n) is 7.16. The Morgan fingerprint density at radius 3 is 2.20 bits per heavy atom. The molecule has 2 aromatic rings. The van der Waals surface area contributed by atoms with Crippen molar-refractivity contribution >= 4 is 15.7 Å². The number of sulfonamides is 1. The summed E-state index contributed by atoms with van der Waals surface area (Å²) in [4.78, 5) is 0.246. The molecule has 0 bridgehead atoms. The van der Waals surface area contributed by atoms with Gasteiger partial charge in [-0.05, 0) is 47.2 Å². The van der Waals surface area contributed by atoms with E-state index in [0.717, 1.165) is 24.0 Å². The molecule has 1 N–H and O–H groups in total. The van der Waals surface area contributed by atoms with Crippen molar-refractivity contribution in [2.45, 2.75) is 50.8 Å². The fourth-order valence-corrected chi connectivity index (χ4v) is 3.64. The highest BCUT2D eigenvalue weighted by atomic mass is 32.2. The van der Waals surface area contributed by atoms with Crippen LogP contribution in [0.1, 0.15) is 45.2 Å². The van der Waals surface area contributed by atoms with Crippen molar-refractivity contribution in [1.29, 1.82) is 0 Å². The summed E-state index contributed by atoms with van der Waals surface area (Å²) in [7, 11) is -2.14. The molecule has 0 atom stereocenters. The van der Waals surface area contributed by atoms with Gasteiger partial charge in [0.2, 0.25) is 0 Å². The van der Waals surface area contributed by atoms with Gasteiger partial charge >= 0.3 is 0 Å². The number of hydrogen-bond acceptors (Lipinski definition) is 3. The van der Waals surface area contributed by atoms with E-state index in [1.54, 1.807) is 18.2 Å². The minimum Gasteiger partial charge on any atom is -0.495 e. The van der Waals surface area contributed by atoms with Crippen molar-refractivity contribution in [3.8, 4) is 5.75 Å². The summed E-state index contributed by atoms with van der Waals surface area (Å²) < 4.78 is 33.5. The fraction of sp³-hybridized carbons (Fsp3) is 0.400. The van der Waals surface area contributed by atoms with E-state index in [1.165, 1.54) is 7.11 Å². The summed E-state index contributed by atoms with van der Waals surface area (Å²) >= 11 is 0. The Morgan fingerprint density at radius 1 is 1.04 bits per heavy atom. The maximum atomic E-state index is 12.7. The van der Waals surface area contributed by atoms with Crippen molar-refractivity contribution in [3.05, 3.63) is 53.6 Å². The van der Waals surface area contributed by atoms with E-state index >= 15 is 0 Å². The van der Waals surface area contributed by atoms with Crippen LogP contribution in [0.4, 0.5) is 5.69 Å².